The number of rotatable bonds is 7. The minimum Gasteiger partial charge on any atom is -0.492 e. The summed E-state index contributed by atoms with van der Waals surface area (Å²) in [5, 5.41) is 12.6. The molecule has 116 valence electrons. The predicted octanol–water partition coefficient (Wildman–Crippen LogP) is 2.85. The van der Waals surface area contributed by atoms with Gasteiger partial charge in [-0.3, -0.25) is 4.79 Å². The molecule has 1 fully saturated rings. The third-order valence-corrected chi connectivity index (χ3v) is 4.20. The Morgan fingerprint density at radius 3 is 2.71 bits per heavy atom. The Labute approximate surface area is 126 Å². The Bertz CT molecular complexity index is 444. The van der Waals surface area contributed by atoms with Crippen molar-refractivity contribution < 1.29 is 14.6 Å². The SMILES string of the molecule is Cc1ccc(OCCNCC2CCCCC2C(=O)O)cc1. The van der Waals surface area contributed by atoms with E-state index >= 15 is 0 Å². The topological polar surface area (TPSA) is 58.6 Å². The molecule has 2 rings (SSSR count). The van der Waals surface area contributed by atoms with Crippen molar-refractivity contribution in [1.82, 2.24) is 5.32 Å². The summed E-state index contributed by atoms with van der Waals surface area (Å²) < 4.78 is 5.65. The highest BCUT2D eigenvalue weighted by Gasteiger charge is 2.30. The minimum atomic E-state index is -0.641. The molecule has 4 nitrogen and oxygen atoms in total. The molecule has 0 spiro atoms. The summed E-state index contributed by atoms with van der Waals surface area (Å²) >= 11 is 0. The van der Waals surface area contributed by atoms with E-state index in [0.29, 0.717) is 6.61 Å². The maximum Gasteiger partial charge on any atom is 0.306 e. The Morgan fingerprint density at radius 2 is 2.00 bits per heavy atom. The number of hydrogen-bond acceptors (Lipinski definition) is 3. The van der Waals surface area contributed by atoms with E-state index in [1.807, 2.05) is 31.2 Å². The summed E-state index contributed by atoms with van der Waals surface area (Å²) in [6, 6.07) is 8.00. The van der Waals surface area contributed by atoms with Gasteiger partial charge in [-0.05, 0) is 44.4 Å². The zero-order valence-corrected chi connectivity index (χ0v) is 12.7. The molecule has 1 aliphatic carbocycles. The lowest BCUT2D eigenvalue weighted by Gasteiger charge is -2.28. The van der Waals surface area contributed by atoms with E-state index < -0.39 is 5.97 Å². The van der Waals surface area contributed by atoms with Crippen LogP contribution in [0.3, 0.4) is 0 Å². The molecule has 0 radical (unpaired) electrons. The van der Waals surface area contributed by atoms with Gasteiger partial charge in [0.25, 0.3) is 0 Å². The van der Waals surface area contributed by atoms with Gasteiger partial charge in [-0.25, -0.2) is 0 Å². The van der Waals surface area contributed by atoms with Crippen LogP contribution >= 0.6 is 0 Å². The smallest absolute Gasteiger partial charge is 0.306 e. The van der Waals surface area contributed by atoms with Gasteiger partial charge >= 0.3 is 5.97 Å². The van der Waals surface area contributed by atoms with Crippen molar-refractivity contribution in [3.63, 3.8) is 0 Å². The number of aliphatic carboxylic acids is 1. The maximum atomic E-state index is 11.2. The van der Waals surface area contributed by atoms with Gasteiger partial charge in [0.15, 0.2) is 0 Å². The van der Waals surface area contributed by atoms with Crippen LogP contribution in [0.2, 0.25) is 0 Å². The van der Waals surface area contributed by atoms with Gasteiger partial charge < -0.3 is 15.2 Å². The molecule has 0 aliphatic heterocycles. The number of nitrogens with one attached hydrogen (secondary N) is 1. The van der Waals surface area contributed by atoms with Crippen LogP contribution < -0.4 is 10.1 Å². The van der Waals surface area contributed by atoms with Gasteiger partial charge in [-0.15, -0.1) is 0 Å². The van der Waals surface area contributed by atoms with Crippen molar-refractivity contribution in [2.45, 2.75) is 32.6 Å². The van der Waals surface area contributed by atoms with Crippen LogP contribution in [0, 0.1) is 18.8 Å². The standard InChI is InChI=1S/C17H25NO3/c1-13-6-8-15(9-7-13)21-11-10-18-12-14-4-2-3-5-16(14)17(19)20/h6-9,14,16,18H,2-5,10-12H2,1H3,(H,19,20). The van der Waals surface area contributed by atoms with E-state index in [4.69, 9.17) is 4.74 Å². The second-order valence-corrected chi connectivity index (χ2v) is 5.85. The molecule has 1 aromatic carbocycles. The molecule has 0 bridgehead atoms. The Morgan fingerprint density at radius 1 is 1.29 bits per heavy atom. The van der Waals surface area contributed by atoms with E-state index in [2.05, 4.69) is 5.32 Å². The highest BCUT2D eigenvalue weighted by atomic mass is 16.5. The fourth-order valence-corrected chi connectivity index (χ4v) is 2.94. The van der Waals surface area contributed by atoms with Crippen LogP contribution in [-0.4, -0.2) is 30.8 Å². The highest BCUT2D eigenvalue weighted by Crippen LogP contribution is 2.29. The first kappa shape index (κ1) is 15.8. The molecule has 2 N–H and O–H groups in total. The van der Waals surface area contributed by atoms with Crippen molar-refractivity contribution in [3.05, 3.63) is 29.8 Å². The van der Waals surface area contributed by atoms with Crippen LogP contribution in [0.5, 0.6) is 5.75 Å². The first-order chi connectivity index (χ1) is 10.2. The second kappa shape index (κ2) is 8.03. The number of benzene rings is 1. The van der Waals surface area contributed by atoms with E-state index in [1.165, 1.54) is 5.56 Å². The Kier molecular flexibility index (Phi) is 6.05. The summed E-state index contributed by atoms with van der Waals surface area (Å²) in [5.41, 5.74) is 1.22. The molecule has 0 saturated heterocycles. The monoisotopic (exact) mass is 291 g/mol. The zero-order valence-electron chi connectivity index (χ0n) is 12.7. The molecule has 0 amide bonds. The van der Waals surface area contributed by atoms with Crippen LogP contribution in [0.1, 0.15) is 31.2 Å². The number of ether oxygens (including phenoxy) is 1. The van der Waals surface area contributed by atoms with Crippen molar-refractivity contribution in [3.8, 4) is 5.75 Å². The molecule has 0 heterocycles. The number of carboxylic acids is 1. The van der Waals surface area contributed by atoms with E-state index in [-0.39, 0.29) is 11.8 Å². The molecule has 1 aliphatic rings. The third kappa shape index (κ3) is 5.05. The summed E-state index contributed by atoms with van der Waals surface area (Å²) in [5.74, 6) is 0.320. The highest BCUT2D eigenvalue weighted by molar-refractivity contribution is 5.70. The van der Waals surface area contributed by atoms with E-state index in [1.54, 1.807) is 0 Å². The van der Waals surface area contributed by atoms with Crippen molar-refractivity contribution in [2.75, 3.05) is 19.7 Å². The molecule has 21 heavy (non-hydrogen) atoms. The summed E-state index contributed by atoms with van der Waals surface area (Å²) in [7, 11) is 0. The molecule has 2 atom stereocenters. The van der Waals surface area contributed by atoms with Crippen molar-refractivity contribution >= 4 is 5.97 Å². The second-order valence-electron chi connectivity index (χ2n) is 5.85. The minimum absolute atomic E-state index is 0.177. The number of carboxylic acid groups (broad SMARTS) is 1. The lowest BCUT2D eigenvalue weighted by molar-refractivity contribution is -0.144. The van der Waals surface area contributed by atoms with Gasteiger partial charge in [-0.2, -0.15) is 0 Å². The van der Waals surface area contributed by atoms with Crippen molar-refractivity contribution in [2.24, 2.45) is 11.8 Å². The van der Waals surface area contributed by atoms with Crippen LogP contribution in [-0.2, 0) is 4.79 Å². The maximum absolute atomic E-state index is 11.2. The Hall–Kier alpha value is -1.55. The van der Waals surface area contributed by atoms with Crippen LogP contribution in [0.15, 0.2) is 24.3 Å². The first-order valence-corrected chi connectivity index (χ1v) is 7.80. The van der Waals surface area contributed by atoms with E-state index in [0.717, 1.165) is 44.5 Å². The zero-order chi connectivity index (χ0) is 15.1. The molecule has 1 saturated carbocycles. The summed E-state index contributed by atoms with van der Waals surface area (Å²) in [6.07, 6.45) is 4.03. The fraction of sp³-hybridized carbons (Fsp3) is 0.588. The quantitative estimate of drug-likeness (QED) is 0.758. The molecular formula is C17H25NO3. The van der Waals surface area contributed by atoms with Gasteiger partial charge in [-0.1, -0.05) is 30.5 Å². The molecule has 1 aromatic rings. The molecule has 2 unspecified atom stereocenters. The van der Waals surface area contributed by atoms with Gasteiger partial charge in [0.1, 0.15) is 12.4 Å². The van der Waals surface area contributed by atoms with Crippen molar-refractivity contribution in [1.29, 1.82) is 0 Å². The van der Waals surface area contributed by atoms with Gasteiger partial charge in [0.05, 0.1) is 5.92 Å². The number of aryl methyl sites for hydroxylation is 1. The van der Waals surface area contributed by atoms with Crippen LogP contribution in [0.4, 0.5) is 0 Å². The molecule has 4 heteroatoms. The lowest BCUT2D eigenvalue weighted by atomic mass is 9.79. The normalized spacial score (nSPS) is 22.0. The number of carbonyl (C=O) groups is 1. The average molecular weight is 291 g/mol. The summed E-state index contributed by atoms with van der Waals surface area (Å²) in [6.45, 7) is 4.17. The fourth-order valence-electron chi connectivity index (χ4n) is 2.94. The lowest BCUT2D eigenvalue weighted by Crippen LogP contribution is -2.36. The summed E-state index contributed by atoms with van der Waals surface area (Å²) in [4.78, 5) is 11.2. The van der Waals surface area contributed by atoms with E-state index in [9.17, 15) is 9.90 Å². The third-order valence-electron chi connectivity index (χ3n) is 4.20. The van der Waals surface area contributed by atoms with Gasteiger partial charge in [0, 0.05) is 6.54 Å². The Balaban J connectivity index is 1.64. The molecular weight excluding hydrogens is 266 g/mol. The predicted molar refractivity (Wildman–Crippen MR) is 82.6 cm³/mol. The largest absolute Gasteiger partial charge is 0.492 e. The molecule has 0 aromatic heterocycles. The number of hydrogen-bond donors (Lipinski definition) is 2. The first-order valence-electron chi connectivity index (χ1n) is 7.80. The van der Waals surface area contributed by atoms with Crippen LogP contribution in [0.25, 0.3) is 0 Å². The van der Waals surface area contributed by atoms with Gasteiger partial charge in [0.2, 0.25) is 0 Å². The average Bonchev–Trinajstić information content (AvgIpc) is 2.49.